The van der Waals surface area contributed by atoms with E-state index in [4.69, 9.17) is 0 Å². The van der Waals surface area contributed by atoms with Crippen molar-refractivity contribution in [2.75, 3.05) is 33.7 Å². The lowest BCUT2D eigenvalue weighted by Crippen LogP contribution is -2.54. The maximum atomic E-state index is 14.6. The van der Waals surface area contributed by atoms with Crippen molar-refractivity contribution in [3.63, 3.8) is 0 Å². The van der Waals surface area contributed by atoms with Gasteiger partial charge in [-0.2, -0.15) is 0 Å². The van der Waals surface area contributed by atoms with Crippen LogP contribution in [-0.4, -0.2) is 60.6 Å². The monoisotopic (exact) mass is 425 g/mol. The summed E-state index contributed by atoms with van der Waals surface area (Å²) in [5, 5.41) is 0. The van der Waals surface area contributed by atoms with Gasteiger partial charge in [-0.25, -0.2) is 13.6 Å². The maximum Gasteiger partial charge on any atom is 0.321 e. The van der Waals surface area contributed by atoms with Gasteiger partial charge in [-0.3, -0.25) is 4.90 Å². The summed E-state index contributed by atoms with van der Waals surface area (Å²) in [6.07, 6.45) is 5.20. The first-order chi connectivity index (χ1) is 14.9. The van der Waals surface area contributed by atoms with Crippen LogP contribution in [0.3, 0.4) is 0 Å². The Hall–Kier alpha value is -2.73. The fourth-order valence-electron chi connectivity index (χ4n) is 4.72. The van der Waals surface area contributed by atoms with E-state index in [-0.39, 0.29) is 30.2 Å². The Morgan fingerprint density at radius 1 is 1.10 bits per heavy atom. The normalized spacial score (nSPS) is 22.2. The molecule has 0 bridgehead atoms. The Bertz CT molecular complexity index is 962. The molecule has 4 nitrogen and oxygen atoms in total. The van der Waals surface area contributed by atoms with Crippen molar-refractivity contribution < 1.29 is 13.6 Å². The van der Waals surface area contributed by atoms with E-state index >= 15 is 0 Å². The van der Waals surface area contributed by atoms with Gasteiger partial charge in [0.25, 0.3) is 0 Å². The number of hydrogen-bond donors (Lipinski definition) is 0. The Morgan fingerprint density at radius 3 is 2.61 bits per heavy atom. The Kier molecular flexibility index (Phi) is 6.37. The molecule has 31 heavy (non-hydrogen) atoms. The van der Waals surface area contributed by atoms with Crippen LogP contribution in [0.25, 0.3) is 5.57 Å². The van der Waals surface area contributed by atoms with E-state index in [0.717, 1.165) is 43.5 Å². The van der Waals surface area contributed by atoms with Crippen LogP contribution in [0.4, 0.5) is 13.6 Å². The second kappa shape index (κ2) is 9.18. The summed E-state index contributed by atoms with van der Waals surface area (Å²) in [5.41, 5.74) is 1.90. The molecule has 2 unspecified atom stereocenters. The number of carbonyl (C=O) groups is 1. The number of urea groups is 1. The van der Waals surface area contributed by atoms with Crippen LogP contribution in [0.1, 0.15) is 36.3 Å². The third-order valence-corrected chi connectivity index (χ3v) is 6.43. The molecule has 164 valence electrons. The number of benzene rings is 2. The van der Waals surface area contributed by atoms with Crippen LogP contribution >= 0.6 is 0 Å². The number of hydrogen-bond acceptors (Lipinski definition) is 2. The molecule has 1 fully saturated rings. The number of carbonyl (C=O) groups excluding carboxylic acids is 1. The van der Waals surface area contributed by atoms with Crippen LogP contribution in [-0.2, 0) is 0 Å². The van der Waals surface area contributed by atoms with Crippen LogP contribution < -0.4 is 0 Å². The molecule has 2 aromatic carbocycles. The van der Waals surface area contributed by atoms with Crippen LogP contribution in [0.15, 0.2) is 54.6 Å². The molecule has 0 saturated carbocycles. The first-order valence-electron chi connectivity index (χ1n) is 10.9. The number of amides is 2. The molecular formula is C25H29F2N3O. The highest BCUT2D eigenvalue weighted by Crippen LogP contribution is 2.32. The number of rotatable bonds is 3. The molecule has 2 amide bonds. The van der Waals surface area contributed by atoms with E-state index < -0.39 is 11.6 Å². The minimum Gasteiger partial charge on any atom is -0.319 e. The molecule has 2 aliphatic heterocycles. The molecule has 0 spiro atoms. The molecule has 2 atom stereocenters. The highest BCUT2D eigenvalue weighted by molar-refractivity contribution is 5.80. The molecule has 4 rings (SSSR count). The Labute approximate surface area is 182 Å². The quantitative estimate of drug-likeness (QED) is 0.696. The van der Waals surface area contributed by atoms with Gasteiger partial charge in [-0.05, 0) is 62.2 Å². The van der Waals surface area contributed by atoms with Crippen LogP contribution in [0, 0.1) is 11.6 Å². The number of piperidine rings is 1. The first-order valence-corrected chi connectivity index (χ1v) is 10.9. The summed E-state index contributed by atoms with van der Waals surface area (Å²) in [7, 11) is 3.89. The SMILES string of the molecule is CN1CCCCC1N(C)C(=O)N1CC(c2cc(F)ccc2F)=CC(c2ccccc2)C1. The molecule has 0 radical (unpaired) electrons. The van der Waals surface area contributed by atoms with Gasteiger partial charge in [0, 0.05) is 31.6 Å². The molecule has 2 aliphatic rings. The average molecular weight is 426 g/mol. The van der Waals surface area contributed by atoms with Crippen molar-refractivity contribution in [2.45, 2.75) is 31.3 Å². The number of nitrogens with zero attached hydrogens (tertiary/aromatic N) is 3. The van der Waals surface area contributed by atoms with Crippen molar-refractivity contribution in [3.05, 3.63) is 77.4 Å². The fraction of sp³-hybridized carbons (Fsp3) is 0.400. The summed E-state index contributed by atoms with van der Waals surface area (Å²) < 4.78 is 28.5. The lowest BCUT2D eigenvalue weighted by Gasteiger charge is -2.42. The molecule has 0 aliphatic carbocycles. The highest BCUT2D eigenvalue weighted by atomic mass is 19.1. The number of halogens is 2. The zero-order valence-electron chi connectivity index (χ0n) is 18.1. The summed E-state index contributed by atoms with van der Waals surface area (Å²) in [5.74, 6) is -1.05. The van der Waals surface area contributed by atoms with Crippen molar-refractivity contribution >= 4 is 11.6 Å². The fourth-order valence-corrected chi connectivity index (χ4v) is 4.72. The Balaban J connectivity index is 1.65. The minimum absolute atomic E-state index is 0.0525. The van der Waals surface area contributed by atoms with Crippen molar-refractivity contribution in [1.29, 1.82) is 0 Å². The van der Waals surface area contributed by atoms with E-state index in [1.54, 1.807) is 9.80 Å². The molecular weight excluding hydrogens is 396 g/mol. The predicted octanol–water partition coefficient (Wildman–Crippen LogP) is 4.94. The lowest BCUT2D eigenvalue weighted by molar-refractivity contribution is 0.0564. The lowest BCUT2D eigenvalue weighted by atomic mass is 9.90. The van der Waals surface area contributed by atoms with Gasteiger partial charge in [-0.15, -0.1) is 0 Å². The minimum atomic E-state index is -0.488. The molecule has 2 aromatic rings. The molecule has 2 heterocycles. The van der Waals surface area contributed by atoms with Gasteiger partial charge in [0.1, 0.15) is 11.6 Å². The Morgan fingerprint density at radius 2 is 1.87 bits per heavy atom. The van der Waals surface area contributed by atoms with E-state index in [2.05, 4.69) is 4.90 Å². The highest BCUT2D eigenvalue weighted by Gasteiger charge is 2.33. The second-order valence-corrected chi connectivity index (χ2v) is 8.56. The maximum absolute atomic E-state index is 14.6. The van der Waals surface area contributed by atoms with Gasteiger partial charge in [-0.1, -0.05) is 36.4 Å². The molecule has 6 heteroatoms. The third kappa shape index (κ3) is 4.64. The second-order valence-electron chi connectivity index (χ2n) is 8.56. The summed E-state index contributed by atoms with van der Waals surface area (Å²) in [4.78, 5) is 19.3. The van der Waals surface area contributed by atoms with E-state index in [1.807, 2.05) is 50.5 Å². The standard InChI is InChI=1S/C25H29F2N3O/c1-28-13-7-6-10-24(28)29(2)25(31)30-16-19(18-8-4-3-5-9-18)14-20(17-30)22-15-21(26)11-12-23(22)27/h3-5,8-9,11-12,14-15,19,24H,6-7,10,13,16-17H2,1-2H3. The molecule has 1 saturated heterocycles. The van der Waals surface area contributed by atoms with Gasteiger partial charge in [0.2, 0.25) is 0 Å². The predicted molar refractivity (Wildman–Crippen MR) is 119 cm³/mol. The van der Waals surface area contributed by atoms with Gasteiger partial charge < -0.3 is 9.80 Å². The average Bonchev–Trinajstić information content (AvgIpc) is 2.80. The molecule has 0 N–H and O–H groups in total. The van der Waals surface area contributed by atoms with E-state index in [1.165, 1.54) is 6.07 Å². The summed E-state index contributed by atoms with van der Waals surface area (Å²) in [6, 6.07) is 13.3. The zero-order valence-corrected chi connectivity index (χ0v) is 18.1. The van der Waals surface area contributed by atoms with E-state index in [0.29, 0.717) is 12.1 Å². The zero-order chi connectivity index (χ0) is 22.0. The van der Waals surface area contributed by atoms with Gasteiger partial charge >= 0.3 is 6.03 Å². The summed E-state index contributed by atoms with van der Waals surface area (Å²) >= 11 is 0. The molecule has 0 aromatic heterocycles. The van der Waals surface area contributed by atoms with Crippen LogP contribution in [0.5, 0.6) is 0 Å². The largest absolute Gasteiger partial charge is 0.321 e. The first kappa shape index (κ1) is 21.5. The van der Waals surface area contributed by atoms with E-state index in [9.17, 15) is 13.6 Å². The third-order valence-electron chi connectivity index (χ3n) is 6.43. The topological polar surface area (TPSA) is 26.8 Å². The number of likely N-dealkylation sites (tertiary alicyclic amines) is 1. The van der Waals surface area contributed by atoms with Gasteiger partial charge in [0.15, 0.2) is 0 Å². The van der Waals surface area contributed by atoms with Gasteiger partial charge in [0.05, 0.1) is 6.17 Å². The van der Waals surface area contributed by atoms with Crippen molar-refractivity contribution in [2.24, 2.45) is 0 Å². The smallest absolute Gasteiger partial charge is 0.319 e. The van der Waals surface area contributed by atoms with Crippen LogP contribution in [0.2, 0.25) is 0 Å². The summed E-state index contributed by atoms with van der Waals surface area (Å²) in [6.45, 7) is 1.72. The van der Waals surface area contributed by atoms with Crippen molar-refractivity contribution in [1.82, 2.24) is 14.7 Å². The van der Waals surface area contributed by atoms with Crippen molar-refractivity contribution in [3.8, 4) is 0 Å².